The highest BCUT2D eigenvalue weighted by Gasteiger charge is 2.16. The average molecular weight is 316 g/mol. The number of nitrogens with zero attached hydrogens (tertiary/aromatic N) is 2. The van der Waals surface area contributed by atoms with Crippen LogP contribution in [0, 0.1) is 18.6 Å². The van der Waals surface area contributed by atoms with Gasteiger partial charge in [0.25, 0.3) is 11.5 Å². The quantitative estimate of drug-likeness (QED) is 0.535. The van der Waals surface area contributed by atoms with Gasteiger partial charge in [0, 0.05) is 11.9 Å². The lowest BCUT2D eigenvalue weighted by molar-refractivity contribution is 0.102. The van der Waals surface area contributed by atoms with E-state index in [1.165, 1.54) is 6.20 Å². The van der Waals surface area contributed by atoms with Gasteiger partial charge in [-0.05, 0) is 37.7 Å². The summed E-state index contributed by atoms with van der Waals surface area (Å²) in [5.41, 5.74) is 1.70. The number of nitrogens with one attached hydrogen (secondary N) is 4. The molecule has 0 radical (unpaired) electrons. The monoisotopic (exact) mass is 316 g/mol. The van der Waals surface area contributed by atoms with Gasteiger partial charge in [-0.2, -0.15) is 5.10 Å². The largest absolute Gasteiger partial charge is 0.338 e. The summed E-state index contributed by atoms with van der Waals surface area (Å²) in [6, 6.07) is 1.89. The van der Waals surface area contributed by atoms with Crippen LogP contribution in [-0.4, -0.2) is 31.1 Å². The van der Waals surface area contributed by atoms with Gasteiger partial charge in [0.15, 0.2) is 16.2 Å². The van der Waals surface area contributed by atoms with E-state index in [1.807, 2.05) is 19.9 Å². The van der Waals surface area contributed by atoms with Crippen molar-refractivity contribution >= 4 is 35.0 Å². The second kappa shape index (κ2) is 5.19. The van der Waals surface area contributed by atoms with Gasteiger partial charge in [-0.15, -0.1) is 0 Å². The van der Waals surface area contributed by atoms with E-state index in [0.29, 0.717) is 16.9 Å². The van der Waals surface area contributed by atoms with E-state index in [-0.39, 0.29) is 10.3 Å². The number of hydrogen-bond acceptors (Lipinski definition) is 5. The number of carbonyl (C=O) groups excluding carboxylic acids is 1. The molecule has 3 aromatic heterocycles. The third-order valence-electron chi connectivity index (χ3n) is 3.15. The summed E-state index contributed by atoms with van der Waals surface area (Å²) in [6.45, 7) is 3.77. The van der Waals surface area contributed by atoms with Gasteiger partial charge in [-0.3, -0.25) is 19.7 Å². The summed E-state index contributed by atoms with van der Waals surface area (Å²) in [7, 11) is 0. The van der Waals surface area contributed by atoms with Gasteiger partial charge in [0.2, 0.25) is 0 Å². The Labute approximate surface area is 129 Å². The zero-order valence-electron chi connectivity index (χ0n) is 11.8. The van der Waals surface area contributed by atoms with Crippen LogP contribution in [0.3, 0.4) is 0 Å². The van der Waals surface area contributed by atoms with E-state index in [1.54, 1.807) is 0 Å². The van der Waals surface area contributed by atoms with Gasteiger partial charge < -0.3 is 10.3 Å². The number of anilines is 1. The molecule has 0 fully saturated rings. The molecule has 4 N–H and O–H groups in total. The summed E-state index contributed by atoms with van der Waals surface area (Å²) in [6.07, 6.45) is 1.26. The van der Waals surface area contributed by atoms with Gasteiger partial charge in [-0.25, -0.2) is 4.98 Å². The van der Waals surface area contributed by atoms with Crippen molar-refractivity contribution in [3.8, 4) is 0 Å². The van der Waals surface area contributed by atoms with Gasteiger partial charge in [0.05, 0.1) is 5.39 Å². The second-order valence-corrected chi connectivity index (χ2v) is 5.22. The maximum absolute atomic E-state index is 12.2. The number of rotatable bonds is 2. The van der Waals surface area contributed by atoms with Crippen LogP contribution in [0.1, 0.15) is 21.6 Å². The van der Waals surface area contributed by atoms with Crippen LogP contribution in [-0.2, 0) is 0 Å². The summed E-state index contributed by atoms with van der Waals surface area (Å²) in [5, 5.41) is 10.1. The number of H-pyrrole nitrogens is 3. The first-order valence-electron chi connectivity index (χ1n) is 6.41. The Bertz CT molecular complexity index is 1000. The van der Waals surface area contributed by atoms with Crippen LogP contribution < -0.4 is 10.9 Å². The molecule has 0 aliphatic carbocycles. The molecule has 0 aromatic carbocycles. The zero-order valence-corrected chi connectivity index (χ0v) is 12.6. The minimum atomic E-state index is -0.583. The Balaban J connectivity index is 2.01. The van der Waals surface area contributed by atoms with Gasteiger partial charge in [0.1, 0.15) is 5.56 Å². The number of aryl methyl sites for hydroxylation is 2. The van der Waals surface area contributed by atoms with Crippen LogP contribution in [0.4, 0.5) is 5.82 Å². The molecule has 0 saturated heterocycles. The van der Waals surface area contributed by atoms with E-state index in [4.69, 9.17) is 12.2 Å². The van der Waals surface area contributed by atoms with Crippen LogP contribution in [0.25, 0.3) is 11.0 Å². The smallest absolute Gasteiger partial charge is 0.264 e. The highest BCUT2D eigenvalue weighted by Crippen LogP contribution is 2.23. The number of amides is 1. The molecule has 0 aliphatic rings. The first kappa shape index (κ1) is 14.1. The summed E-state index contributed by atoms with van der Waals surface area (Å²) >= 11 is 4.79. The van der Waals surface area contributed by atoms with Crippen LogP contribution >= 0.6 is 12.2 Å². The van der Waals surface area contributed by atoms with Gasteiger partial charge in [-0.1, -0.05) is 0 Å². The van der Waals surface area contributed by atoms with Crippen molar-refractivity contribution in [3.63, 3.8) is 0 Å². The molecule has 22 heavy (non-hydrogen) atoms. The number of aromatic amines is 3. The van der Waals surface area contributed by atoms with E-state index < -0.39 is 11.5 Å². The second-order valence-electron chi connectivity index (χ2n) is 4.82. The Morgan fingerprint density at radius 2 is 2.14 bits per heavy atom. The van der Waals surface area contributed by atoms with Crippen molar-refractivity contribution in [1.29, 1.82) is 0 Å². The van der Waals surface area contributed by atoms with E-state index in [2.05, 4.69) is 30.5 Å². The standard InChI is InChI=1S/C13H12N6O2S/c1-5-3-6(2)15-9-8(5)10(19-18-9)16-11(20)7-4-14-13(22)17-12(7)21/h3-4H,1-2H3,(H2,14,17,21,22)(H2,15,16,18,19,20). The topological polar surface area (TPSA) is 119 Å². The fraction of sp³-hybridized carbons (Fsp3) is 0.154. The summed E-state index contributed by atoms with van der Waals surface area (Å²) in [5.74, 6) is -0.257. The lowest BCUT2D eigenvalue weighted by atomic mass is 10.2. The Hall–Kier alpha value is -2.81. The van der Waals surface area contributed by atoms with Crippen LogP contribution in [0.5, 0.6) is 0 Å². The molecule has 0 bridgehead atoms. The Morgan fingerprint density at radius 1 is 1.36 bits per heavy atom. The summed E-state index contributed by atoms with van der Waals surface area (Å²) in [4.78, 5) is 33.2. The molecule has 1 amide bonds. The first-order chi connectivity index (χ1) is 10.5. The molecule has 0 unspecified atom stereocenters. The molecule has 8 nitrogen and oxygen atoms in total. The molecular weight excluding hydrogens is 304 g/mol. The number of pyridine rings is 1. The van der Waals surface area contributed by atoms with E-state index in [9.17, 15) is 9.59 Å². The third-order valence-corrected chi connectivity index (χ3v) is 3.37. The van der Waals surface area contributed by atoms with Crippen molar-refractivity contribution in [2.24, 2.45) is 0 Å². The van der Waals surface area contributed by atoms with Crippen molar-refractivity contribution in [1.82, 2.24) is 25.1 Å². The molecule has 3 aromatic rings. The fourth-order valence-corrected chi connectivity index (χ4v) is 2.38. The van der Waals surface area contributed by atoms with Gasteiger partial charge >= 0.3 is 0 Å². The van der Waals surface area contributed by atoms with Crippen molar-refractivity contribution in [2.45, 2.75) is 13.8 Å². The van der Waals surface area contributed by atoms with Crippen LogP contribution in [0.2, 0.25) is 0 Å². The summed E-state index contributed by atoms with van der Waals surface area (Å²) < 4.78 is 0.155. The Morgan fingerprint density at radius 3 is 2.86 bits per heavy atom. The number of hydrogen-bond donors (Lipinski definition) is 4. The Kier molecular flexibility index (Phi) is 3.33. The minimum Gasteiger partial charge on any atom is -0.338 e. The number of carbonyl (C=O) groups is 1. The molecule has 0 atom stereocenters. The van der Waals surface area contributed by atoms with Crippen molar-refractivity contribution in [3.05, 3.63) is 44.2 Å². The zero-order chi connectivity index (χ0) is 15.9. The molecule has 0 saturated carbocycles. The molecule has 9 heteroatoms. The van der Waals surface area contributed by atoms with E-state index in [0.717, 1.165) is 11.3 Å². The van der Waals surface area contributed by atoms with E-state index >= 15 is 0 Å². The maximum atomic E-state index is 12.2. The molecule has 112 valence electrons. The van der Waals surface area contributed by atoms with Crippen molar-refractivity contribution < 1.29 is 4.79 Å². The first-order valence-corrected chi connectivity index (χ1v) is 6.82. The minimum absolute atomic E-state index is 0.0810. The van der Waals surface area contributed by atoms with Crippen molar-refractivity contribution in [2.75, 3.05) is 5.32 Å². The van der Waals surface area contributed by atoms with Crippen LogP contribution in [0.15, 0.2) is 17.1 Å². The normalized spacial score (nSPS) is 10.8. The molecule has 0 spiro atoms. The number of aromatic nitrogens is 5. The highest BCUT2D eigenvalue weighted by atomic mass is 32.1. The average Bonchev–Trinajstić information content (AvgIpc) is 2.81. The molecule has 3 heterocycles. The lowest BCUT2D eigenvalue weighted by Crippen LogP contribution is -2.23. The lowest BCUT2D eigenvalue weighted by Gasteiger charge is -2.03. The maximum Gasteiger partial charge on any atom is 0.264 e. The molecule has 0 aliphatic heterocycles. The third kappa shape index (κ3) is 2.42. The predicted octanol–water partition coefficient (Wildman–Crippen LogP) is 1.57. The fourth-order valence-electron chi connectivity index (χ4n) is 2.23. The highest BCUT2D eigenvalue weighted by molar-refractivity contribution is 7.71. The number of fused-ring (bicyclic) bond motifs is 1. The SMILES string of the molecule is Cc1cc(C)c2c(NC(=O)c3c[nH]c(=S)[nH]c3=O)n[nH]c2n1. The molecular formula is C13H12N6O2S. The molecule has 3 rings (SSSR count). The predicted molar refractivity (Wildman–Crippen MR) is 83.6 cm³/mol.